The van der Waals surface area contributed by atoms with E-state index < -0.39 is 5.97 Å². The Bertz CT molecular complexity index is 860. The van der Waals surface area contributed by atoms with Gasteiger partial charge in [-0.15, -0.1) is 0 Å². The van der Waals surface area contributed by atoms with Gasteiger partial charge in [0.15, 0.2) is 11.3 Å². The number of aromatic nitrogens is 4. The first kappa shape index (κ1) is 12.2. The zero-order chi connectivity index (χ0) is 14.3. The third kappa shape index (κ3) is 1.71. The highest BCUT2D eigenvalue weighted by Crippen LogP contribution is 2.26. The molecule has 20 heavy (non-hydrogen) atoms. The first-order valence-corrected chi connectivity index (χ1v) is 5.83. The summed E-state index contributed by atoms with van der Waals surface area (Å²) in [6, 6.07) is 3.59. The molecule has 0 aliphatic heterocycles. The molecule has 0 fully saturated rings. The van der Waals surface area contributed by atoms with E-state index in [0.29, 0.717) is 5.56 Å². The molecule has 8 heteroatoms. The van der Waals surface area contributed by atoms with Crippen LogP contribution in [0.1, 0.15) is 16.1 Å². The van der Waals surface area contributed by atoms with E-state index in [4.69, 9.17) is 16.7 Å². The molecule has 0 aromatic carbocycles. The second kappa shape index (κ2) is 4.36. The van der Waals surface area contributed by atoms with Gasteiger partial charge in [-0.1, -0.05) is 11.6 Å². The molecule has 0 amide bonds. The molecule has 3 heterocycles. The van der Waals surface area contributed by atoms with Gasteiger partial charge >= 0.3 is 5.97 Å². The molecule has 2 N–H and O–H groups in total. The maximum absolute atomic E-state index is 11.0. The predicted octanol–water partition coefficient (Wildman–Crippen LogP) is 1.95. The van der Waals surface area contributed by atoms with Crippen molar-refractivity contribution in [1.82, 2.24) is 19.6 Å². The van der Waals surface area contributed by atoms with Crippen molar-refractivity contribution < 1.29 is 9.90 Å². The van der Waals surface area contributed by atoms with E-state index in [-0.39, 0.29) is 22.1 Å². The zero-order valence-electron chi connectivity index (χ0n) is 9.83. The second-order valence-electron chi connectivity index (χ2n) is 3.99. The average molecular weight is 288 g/mol. The van der Waals surface area contributed by atoms with Crippen molar-refractivity contribution >= 4 is 23.2 Å². The Kier molecular flexibility index (Phi) is 2.66. The number of halogens is 1. The van der Waals surface area contributed by atoms with Crippen LogP contribution in [0.4, 0.5) is 0 Å². The molecule has 0 aliphatic rings. The highest BCUT2D eigenvalue weighted by molar-refractivity contribution is 6.32. The Balaban J connectivity index is 2.36. The Labute approximate surface area is 117 Å². The highest BCUT2D eigenvalue weighted by Gasteiger charge is 2.19. The molecular weight excluding hydrogens is 282 g/mol. The van der Waals surface area contributed by atoms with Gasteiger partial charge in [-0.05, 0) is 6.07 Å². The fourth-order valence-corrected chi connectivity index (χ4v) is 2.15. The largest absolute Gasteiger partial charge is 0.476 e. The number of nitrogens with one attached hydrogen (secondary N) is 1. The molecule has 3 rings (SSSR count). The van der Waals surface area contributed by atoms with E-state index in [1.807, 2.05) is 6.07 Å². The Morgan fingerprint density at radius 3 is 2.90 bits per heavy atom. The number of nitrogens with zero attached hydrogens (tertiary/aromatic N) is 4. The number of pyridine rings is 1. The number of rotatable bonds is 2. The topological polar surface area (TPSA) is 107 Å². The fraction of sp³-hybridized carbons (Fsp3) is 0. The lowest BCUT2D eigenvalue weighted by atomic mass is 10.1. The molecule has 0 spiro atoms. The minimum atomic E-state index is -1.24. The molecular formula is C12H6ClN5O2. The van der Waals surface area contributed by atoms with Gasteiger partial charge in [-0.25, -0.2) is 9.78 Å². The lowest BCUT2D eigenvalue weighted by molar-refractivity contribution is 0.0691. The quantitative estimate of drug-likeness (QED) is 0.749. The number of nitriles is 1. The van der Waals surface area contributed by atoms with E-state index in [2.05, 4.69) is 15.2 Å². The van der Waals surface area contributed by atoms with Crippen LogP contribution in [0, 0.1) is 11.3 Å². The summed E-state index contributed by atoms with van der Waals surface area (Å²) < 4.78 is 1.38. The van der Waals surface area contributed by atoms with Crippen molar-refractivity contribution in [1.29, 1.82) is 5.26 Å². The van der Waals surface area contributed by atoms with Crippen molar-refractivity contribution in [3.63, 3.8) is 0 Å². The Morgan fingerprint density at radius 2 is 2.30 bits per heavy atom. The van der Waals surface area contributed by atoms with Gasteiger partial charge in [-0.2, -0.15) is 10.4 Å². The summed E-state index contributed by atoms with van der Waals surface area (Å²) in [5.74, 6) is -1.24. The highest BCUT2D eigenvalue weighted by atomic mass is 35.5. The Morgan fingerprint density at radius 1 is 1.50 bits per heavy atom. The molecule has 0 unspecified atom stereocenters. The smallest absolute Gasteiger partial charge is 0.357 e. The zero-order valence-corrected chi connectivity index (χ0v) is 10.6. The predicted molar refractivity (Wildman–Crippen MR) is 69.5 cm³/mol. The third-order valence-electron chi connectivity index (χ3n) is 2.82. The molecule has 0 radical (unpaired) electrons. The number of H-pyrrole nitrogens is 1. The van der Waals surface area contributed by atoms with E-state index in [1.165, 1.54) is 4.40 Å². The number of hydrogen-bond acceptors (Lipinski definition) is 4. The third-order valence-corrected chi connectivity index (χ3v) is 3.18. The van der Waals surface area contributed by atoms with Gasteiger partial charge in [0, 0.05) is 23.5 Å². The van der Waals surface area contributed by atoms with Crippen LogP contribution >= 0.6 is 11.6 Å². The lowest BCUT2D eigenvalue weighted by Crippen LogP contribution is -1.96. The summed E-state index contributed by atoms with van der Waals surface area (Å²) in [6.45, 7) is 0. The molecule has 0 saturated heterocycles. The maximum atomic E-state index is 11.0. The van der Waals surface area contributed by atoms with Gasteiger partial charge < -0.3 is 5.11 Å². The van der Waals surface area contributed by atoms with Crippen molar-refractivity contribution in [3.05, 3.63) is 41.1 Å². The first-order valence-electron chi connectivity index (χ1n) is 5.46. The van der Waals surface area contributed by atoms with Crippen molar-refractivity contribution in [2.24, 2.45) is 0 Å². The number of imidazole rings is 1. The van der Waals surface area contributed by atoms with Crippen LogP contribution in [0.25, 0.3) is 16.8 Å². The molecule has 98 valence electrons. The lowest BCUT2D eigenvalue weighted by Gasteiger charge is -2.02. The first-order chi connectivity index (χ1) is 9.61. The number of aromatic amines is 1. The van der Waals surface area contributed by atoms with Crippen LogP contribution in [-0.4, -0.2) is 30.7 Å². The van der Waals surface area contributed by atoms with E-state index >= 15 is 0 Å². The molecule has 3 aromatic heterocycles. The van der Waals surface area contributed by atoms with Crippen LogP contribution in [0.5, 0.6) is 0 Å². The van der Waals surface area contributed by atoms with E-state index in [1.54, 1.807) is 24.7 Å². The number of hydrogen-bond donors (Lipinski definition) is 2. The number of aromatic carboxylic acids is 1. The minimum Gasteiger partial charge on any atom is -0.476 e. The summed E-state index contributed by atoms with van der Waals surface area (Å²) in [5.41, 5.74) is 1.59. The number of carbonyl (C=O) groups is 1. The van der Waals surface area contributed by atoms with Gasteiger partial charge in [0.05, 0.1) is 11.8 Å². The number of carboxylic acid groups (broad SMARTS) is 1. The standard InChI is InChI=1S/C12H6ClN5O2/c13-10-9(12(19)20)17-11-6(2-14)1-7(5-18(10)11)8-3-15-16-4-8/h1,3-5H,(H,15,16)(H,19,20). The summed E-state index contributed by atoms with van der Waals surface area (Å²) in [6.07, 6.45) is 4.86. The van der Waals surface area contributed by atoms with Crippen molar-refractivity contribution in [2.45, 2.75) is 0 Å². The monoisotopic (exact) mass is 287 g/mol. The van der Waals surface area contributed by atoms with Crippen LogP contribution in [-0.2, 0) is 0 Å². The number of fused-ring (bicyclic) bond motifs is 1. The average Bonchev–Trinajstić information content (AvgIpc) is 3.06. The van der Waals surface area contributed by atoms with E-state index in [9.17, 15) is 10.1 Å². The van der Waals surface area contributed by atoms with Crippen molar-refractivity contribution in [3.8, 4) is 17.2 Å². The fourth-order valence-electron chi connectivity index (χ4n) is 1.90. The van der Waals surface area contributed by atoms with Gasteiger partial charge in [0.25, 0.3) is 0 Å². The second-order valence-corrected chi connectivity index (χ2v) is 4.35. The van der Waals surface area contributed by atoms with Gasteiger partial charge in [-0.3, -0.25) is 9.50 Å². The maximum Gasteiger partial charge on any atom is 0.357 e. The molecule has 0 saturated carbocycles. The summed E-state index contributed by atoms with van der Waals surface area (Å²) in [7, 11) is 0. The van der Waals surface area contributed by atoms with Crippen LogP contribution in [0.15, 0.2) is 24.7 Å². The summed E-state index contributed by atoms with van der Waals surface area (Å²) >= 11 is 6.00. The molecule has 0 atom stereocenters. The van der Waals surface area contributed by atoms with Crippen LogP contribution < -0.4 is 0 Å². The number of carboxylic acids is 1. The molecule has 7 nitrogen and oxygen atoms in total. The van der Waals surface area contributed by atoms with E-state index in [0.717, 1.165) is 5.56 Å². The summed E-state index contributed by atoms with van der Waals surface area (Å²) in [4.78, 5) is 14.9. The van der Waals surface area contributed by atoms with Crippen LogP contribution in [0.3, 0.4) is 0 Å². The van der Waals surface area contributed by atoms with Gasteiger partial charge in [0.2, 0.25) is 0 Å². The molecule has 3 aromatic rings. The minimum absolute atomic E-state index is 0.0469. The van der Waals surface area contributed by atoms with Crippen molar-refractivity contribution in [2.75, 3.05) is 0 Å². The Hall–Kier alpha value is -2.85. The molecule has 0 bridgehead atoms. The normalized spacial score (nSPS) is 10.6. The molecule has 0 aliphatic carbocycles. The SMILES string of the molecule is N#Cc1cc(-c2cn[nH]c2)cn2c(Cl)c(C(=O)O)nc12. The van der Waals surface area contributed by atoms with Crippen LogP contribution in [0.2, 0.25) is 5.15 Å². The van der Waals surface area contributed by atoms with Gasteiger partial charge in [0.1, 0.15) is 11.2 Å². The summed E-state index contributed by atoms with van der Waals surface area (Å²) in [5, 5.41) is 24.7.